The fourth-order valence-corrected chi connectivity index (χ4v) is 3.58. The average Bonchev–Trinajstić information content (AvgIpc) is 2.80. The number of nitrogens with zero attached hydrogens (tertiary/aromatic N) is 1. The van der Waals surface area contributed by atoms with Crippen LogP contribution in [0, 0.1) is 18.8 Å². The van der Waals surface area contributed by atoms with E-state index < -0.39 is 0 Å². The summed E-state index contributed by atoms with van der Waals surface area (Å²) in [4.78, 5) is 15.0. The first-order valence-corrected chi connectivity index (χ1v) is 10.1. The number of rotatable bonds is 4. The molecule has 0 N–H and O–H groups in total. The van der Waals surface area contributed by atoms with Crippen LogP contribution >= 0.6 is 0 Å². The second-order valence-electron chi connectivity index (χ2n) is 7.34. The van der Waals surface area contributed by atoms with Crippen LogP contribution in [0.2, 0.25) is 0 Å². The molecule has 4 aromatic carbocycles. The van der Waals surface area contributed by atoms with Crippen LogP contribution in [0.3, 0.4) is 0 Å². The first-order chi connectivity index (χ1) is 14.7. The van der Waals surface area contributed by atoms with E-state index in [4.69, 9.17) is 0 Å². The van der Waals surface area contributed by atoms with Gasteiger partial charge in [-0.25, -0.2) is 0 Å². The predicted octanol–water partition coefficient (Wildman–Crippen LogP) is 5.73. The zero-order valence-corrected chi connectivity index (χ0v) is 17.0. The Morgan fingerprint density at radius 2 is 1.43 bits per heavy atom. The van der Waals surface area contributed by atoms with Gasteiger partial charge in [0.15, 0.2) is 0 Å². The standard InChI is InChI=1S/C28H23NO/c1-22-16-18-25-14-8-9-15-26(25)27(22)21-29(20-24-12-6-3-7-13-24)28(30)19-17-23-10-4-2-5-11-23/h2-16,18H,20-21H2,1H3. The Labute approximate surface area is 177 Å². The van der Waals surface area contributed by atoms with Crippen molar-refractivity contribution in [1.29, 1.82) is 0 Å². The Hall–Kier alpha value is -3.83. The molecule has 2 nitrogen and oxygen atoms in total. The van der Waals surface area contributed by atoms with Crippen LogP contribution < -0.4 is 0 Å². The molecule has 0 aliphatic rings. The van der Waals surface area contributed by atoms with Crippen molar-refractivity contribution in [3.63, 3.8) is 0 Å². The molecule has 2 heteroatoms. The summed E-state index contributed by atoms with van der Waals surface area (Å²) >= 11 is 0. The molecule has 30 heavy (non-hydrogen) atoms. The van der Waals surface area contributed by atoms with Gasteiger partial charge in [0, 0.05) is 24.6 Å². The lowest BCUT2D eigenvalue weighted by Crippen LogP contribution is -2.29. The van der Waals surface area contributed by atoms with Crippen molar-refractivity contribution in [2.24, 2.45) is 0 Å². The lowest BCUT2D eigenvalue weighted by Gasteiger charge is -2.23. The molecule has 0 spiro atoms. The molecule has 4 rings (SSSR count). The molecule has 0 aromatic heterocycles. The van der Waals surface area contributed by atoms with Crippen molar-refractivity contribution in [3.05, 3.63) is 119 Å². The highest BCUT2D eigenvalue weighted by atomic mass is 16.2. The molecule has 0 bridgehead atoms. The molecular formula is C28H23NO. The molecule has 146 valence electrons. The highest BCUT2D eigenvalue weighted by Gasteiger charge is 2.16. The van der Waals surface area contributed by atoms with E-state index in [0.29, 0.717) is 13.1 Å². The zero-order chi connectivity index (χ0) is 20.8. The van der Waals surface area contributed by atoms with E-state index in [1.54, 1.807) is 0 Å². The van der Waals surface area contributed by atoms with Gasteiger partial charge in [-0.15, -0.1) is 0 Å². The summed E-state index contributed by atoms with van der Waals surface area (Å²) in [7, 11) is 0. The van der Waals surface area contributed by atoms with Gasteiger partial charge in [0.1, 0.15) is 0 Å². The van der Waals surface area contributed by atoms with Crippen molar-refractivity contribution in [3.8, 4) is 11.8 Å². The largest absolute Gasteiger partial charge is 0.323 e. The quantitative estimate of drug-likeness (QED) is 0.408. The molecule has 0 aliphatic carbocycles. The minimum absolute atomic E-state index is 0.171. The van der Waals surface area contributed by atoms with Crippen LogP contribution in [-0.2, 0) is 17.9 Å². The van der Waals surface area contributed by atoms with E-state index in [-0.39, 0.29) is 5.91 Å². The van der Waals surface area contributed by atoms with Crippen LogP contribution in [0.4, 0.5) is 0 Å². The Bertz CT molecular complexity index is 1220. The molecule has 0 fully saturated rings. The number of aryl methyl sites for hydroxylation is 1. The van der Waals surface area contributed by atoms with Crippen LogP contribution in [-0.4, -0.2) is 10.8 Å². The number of carbonyl (C=O) groups is 1. The third kappa shape index (κ3) is 4.59. The van der Waals surface area contributed by atoms with Crippen LogP contribution in [0.5, 0.6) is 0 Å². The van der Waals surface area contributed by atoms with Gasteiger partial charge in [-0.2, -0.15) is 0 Å². The van der Waals surface area contributed by atoms with Crippen molar-refractivity contribution in [2.45, 2.75) is 20.0 Å². The second kappa shape index (κ2) is 9.11. The average molecular weight is 389 g/mol. The number of benzene rings is 4. The van der Waals surface area contributed by atoms with Crippen LogP contribution in [0.15, 0.2) is 97.1 Å². The summed E-state index contributed by atoms with van der Waals surface area (Å²) in [5.74, 6) is 5.68. The number of hydrogen-bond donors (Lipinski definition) is 0. The Morgan fingerprint density at radius 1 is 0.767 bits per heavy atom. The topological polar surface area (TPSA) is 20.3 Å². The van der Waals surface area contributed by atoms with E-state index in [9.17, 15) is 4.79 Å². The normalized spacial score (nSPS) is 10.3. The minimum atomic E-state index is -0.171. The lowest BCUT2D eigenvalue weighted by molar-refractivity contribution is -0.126. The summed E-state index contributed by atoms with van der Waals surface area (Å²) in [5.41, 5.74) is 4.27. The Morgan fingerprint density at radius 3 is 2.20 bits per heavy atom. The Kier molecular flexibility index (Phi) is 5.92. The maximum absolute atomic E-state index is 13.1. The summed E-state index contributed by atoms with van der Waals surface area (Å²) in [6, 6.07) is 32.3. The smallest absolute Gasteiger partial charge is 0.299 e. The third-order valence-corrected chi connectivity index (χ3v) is 5.21. The highest BCUT2D eigenvalue weighted by molar-refractivity contribution is 5.94. The van der Waals surface area contributed by atoms with E-state index in [0.717, 1.165) is 11.1 Å². The van der Waals surface area contributed by atoms with Gasteiger partial charge in [-0.05, 0) is 46.5 Å². The van der Waals surface area contributed by atoms with Gasteiger partial charge in [0.2, 0.25) is 0 Å². The van der Waals surface area contributed by atoms with Gasteiger partial charge < -0.3 is 4.90 Å². The monoisotopic (exact) mass is 389 g/mol. The molecule has 0 aliphatic heterocycles. The number of amides is 1. The summed E-state index contributed by atoms with van der Waals surface area (Å²) in [6.07, 6.45) is 0. The molecular weight excluding hydrogens is 366 g/mol. The van der Waals surface area contributed by atoms with E-state index in [1.165, 1.54) is 21.9 Å². The second-order valence-corrected chi connectivity index (χ2v) is 7.34. The summed E-state index contributed by atoms with van der Waals surface area (Å²) in [5, 5.41) is 2.36. The van der Waals surface area contributed by atoms with Gasteiger partial charge in [-0.3, -0.25) is 4.79 Å². The predicted molar refractivity (Wildman–Crippen MR) is 123 cm³/mol. The maximum atomic E-state index is 13.1. The molecule has 4 aromatic rings. The molecule has 0 saturated heterocycles. The van der Waals surface area contributed by atoms with Crippen molar-refractivity contribution >= 4 is 16.7 Å². The first-order valence-electron chi connectivity index (χ1n) is 10.1. The summed E-state index contributed by atoms with van der Waals surface area (Å²) in [6.45, 7) is 3.14. The summed E-state index contributed by atoms with van der Waals surface area (Å²) < 4.78 is 0. The molecule has 0 atom stereocenters. The SMILES string of the molecule is Cc1ccc2ccccc2c1CN(Cc1ccccc1)C(=O)C#Cc1ccccc1. The number of fused-ring (bicyclic) bond motifs is 1. The molecule has 1 amide bonds. The fourth-order valence-electron chi connectivity index (χ4n) is 3.58. The van der Waals surface area contributed by atoms with Crippen molar-refractivity contribution in [2.75, 3.05) is 0 Å². The zero-order valence-electron chi connectivity index (χ0n) is 17.0. The van der Waals surface area contributed by atoms with Gasteiger partial charge >= 0.3 is 0 Å². The molecule has 0 heterocycles. The van der Waals surface area contributed by atoms with Gasteiger partial charge in [0.25, 0.3) is 5.91 Å². The van der Waals surface area contributed by atoms with E-state index in [1.807, 2.05) is 77.7 Å². The van der Waals surface area contributed by atoms with Crippen molar-refractivity contribution < 1.29 is 4.79 Å². The highest BCUT2D eigenvalue weighted by Crippen LogP contribution is 2.24. The minimum Gasteiger partial charge on any atom is -0.323 e. The fraction of sp³-hybridized carbons (Fsp3) is 0.107. The number of carbonyl (C=O) groups excluding carboxylic acids is 1. The van der Waals surface area contributed by atoms with Gasteiger partial charge in [-0.1, -0.05) is 90.8 Å². The lowest BCUT2D eigenvalue weighted by atomic mass is 9.99. The Balaban J connectivity index is 1.69. The molecule has 0 saturated carbocycles. The third-order valence-electron chi connectivity index (χ3n) is 5.21. The maximum Gasteiger partial charge on any atom is 0.299 e. The van der Waals surface area contributed by atoms with Crippen molar-refractivity contribution in [1.82, 2.24) is 4.90 Å². The first kappa shape index (κ1) is 19.5. The van der Waals surface area contributed by atoms with E-state index in [2.05, 4.69) is 43.0 Å². The van der Waals surface area contributed by atoms with Crippen LogP contribution in [0.25, 0.3) is 10.8 Å². The molecule has 0 radical (unpaired) electrons. The number of hydrogen-bond acceptors (Lipinski definition) is 1. The van der Waals surface area contributed by atoms with E-state index >= 15 is 0 Å². The van der Waals surface area contributed by atoms with Gasteiger partial charge in [0.05, 0.1) is 0 Å². The van der Waals surface area contributed by atoms with Crippen LogP contribution in [0.1, 0.15) is 22.3 Å². The molecule has 0 unspecified atom stereocenters.